The summed E-state index contributed by atoms with van der Waals surface area (Å²) in [6.45, 7) is 4.71. The second-order valence-corrected chi connectivity index (χ2v) is 29.9. The van der Waals surface area contributed by atoms with E-state index >= 15 is 0 Å². The van der Waals surface area contributed by atoms with Gasteiger partial charge in [-0.3, -0.25) is 37.3 Å². The molecule has 0 heterocycles. The molecule has 0 saturated heterocycles. The predicted molar refractivity (Wildman–Crippen MR) is 418 cm³/mol. The lowest BCUT2D eigenvalue weighted by molar-refractivity contribution is -0.161. The first kappa shape index (κ1) is 98.0. The molecule has 102 heavy (non-hydrogen) atoms. The standard InChI is InChI=1S/C83H146O17P2/c1-5-9-13-17-21-25-29-33-36-37-38-39-42-45-48-52-56-60-64-68-81(86)94-74-79(100-83(88)70-66-62-58-54-50-46-41-35-31-27-23-19-15-11-7-3)76-98-102(91,92)96-72-77(84)71-95-101(89,90)97-75-78(99-82(87)69-65-61-57-53-49-43-32-28-24-20-16-12-8-4)73-93-80(85)67-63-59-55-51-47-44-40-34-30-26-22-18-14-10-6-2/h9,13,21-22,25-26,28,32-36,38-41,77-79,84H,5-8,10-12,14-20,23-24,27,29-31,37,42-76H2,1-4H3,(H,89,90)(H,91,92)/b13-9-,25-21-,26-22-,32-28-,36-33-,39-38-,40-34-,41-35-. The monoisotopic (exact) mass is 1480 g/mol. The Morgan fingerprint density at radius 3 is 0.824 bits per heavy atom. The molecule has 0 rings (SSSR count). The van der Waals surface area contributed by atoms with Crippen LogP contribution in [0.25, 0.3) is 0 Å². The summed E-state index contributed by atoms with van der Waals surface area (Å²) in [6, 6.07) is 0. The number of rotatable bonds is 76. The first-order chi connectivity index (χ1) is 49.7. The molecule has 19 heteroatoms. The summed E-state index contributed by atoms with van der Waals surface area (Å²) < 4.78 is 68.6. The number of unbranched alkanes of at least 4 members (excludes halogenated alkanes) is 34. The minimum Gasteiger partial charge on any atom is -0.462 e. The average Bonchev–Trinajstić information content (AvgIpc) is 0.924. The van der Waals surface area contributed by atoms with Crippen LogP contribution in [0.3, 0.4) is 0 Å². The fourth-order valence-electron chi connectivity index (χ4n) is 10.8. The molecule has 0 aromatic rings. The lowest BCUT2D eigenvalue weighted by Crippen LogP contribution is -2.30. The molecule has 3 N–H and O–H groups in total. The predicted octanol–water partition coefficient (Wildman–Crippen LogP) is 23.6. The van der Waals surface area contributed by atoms with Gasteiger partial charge in [0, 0.05) is 25.7 Å². The van der Waals surface area contributed by atoms with Gasteiger partial charge in [0.2, 0.25) is 0 Å². The van der Waals surface area contributed by atoms with Crippen LogP contribution >= 0.6 is 15.6 Å². The van der Waals surface area contributed by atoms with Gasteiger partial charge in [-0.1, -0.05) is 273 Å². The van der Waals surface area contributed by atoms with Gasteiger partial charge in [0.25, 0.3) is 0 Å². The Morgan fingerprint density at radius 2 is 0.510 bits per heavy atom. The summed E-state index contributed by atoms with van der Waals surface area (Å²) in [4.78, 5) is 73.0. The third-order valence-corrected chi connectivity index (χ3v) is 18.9. The molecular formula is C83H146O17P2. The number of carbonyl (C=O) groups excluding carboxylic acids is 4. The van der Waals surface area contributed by atoms with Gasteiger partial charge in [-0.2, -0.15) is 0 Å². The molecule has 590 valence electrons. The minimum absolute atomic E-state index is 0.0818. The number of esters is 4. The Bertz CT molecular complexity index is 2310. The Balaban J connectivity index is 5.36. The van der Waals surface area contributed by atoms with Crippen molar-refractivity contribution in [1.82, 2.24) is 0 Å². The molecule has 0 radical (unpaired) electrons. The summed E-state index contributed by atoms with van der Waals surface area (Å²) in [5.41, 5.74) is 0. The zero-order valence-corrected chi connectivity index (χ0v) is 66.3. The van der Waals surface area contributed by atoms with Gasteiger partial charge in [-0.15, -0.1) is 0 Å². The van der Waals surface area contributed by atoms with Gasteiger partial charge in [0.05, 0.1) is 26.4 Å². The van der Waals surface area contributed by atoms with Crippen molar-refractivity contribution < 1.29 is 80.2 Å². The van der Waals surface area contributed by atoms with Crippen molar-refractivity contribution in [1.29, 1.82) is 0 Å². The minimum atomic E-state index is -4.98. The molecule has 17 nitrogen and oxygen atoms in total. The van der Waals surface area contributed by atoms with Crippen molar-refractivity contribution in [2.75, 3.05) is 39.6 Å². The van der Waals surface area contributed by atoms with Gasteiger partial charge < -0.3 is 33.8 Å². The maximum Gasteiger partial charge on any atom is 0.472 e. The third-order valence-electron chi connectivity index (χ3n) is 17.0. The molecule has 0 aliphatic carbocycles. The summed E-state index contributed by atoms with van der Waals surface area (Å²) >= 11 is 0. The summed E-state index contributed by atoms with van der Waals surface area (Å²) in [5, 5.41) is 10.6. The first-order valence-corrected chi connectivity index (χ1v) is 43.5. The SMILES string of the molecule is CC/C=C\C/C=C\C/C=C\C/C=C\CCCCCCCCC(=O)OCC(COP(=O)(O)OCC(O)COP(=O)(O)OCC(COC(=O)CCCCCCC/C=C\C/C=C\CCCCC)OC(=O)CCCCCCC/C=C\CCCCCC)OC(=O)CCCCCCC/C=C\CCCCCCCC. The zero-order valence-electron chi connectivity index (χ0n) is 64.5. The molecule has 0 saturated carbocycles. The second-order valence-electron chi connectivity index (χ2n) is 27.0. The molecule has 5 unspecified atom stereocenters. The van der Waals surface area contributed by atoms with Crippen molar-refractivity contribution >= 4 is 39.5 Å². The maximum absolute atomic E-state index is 13.1. The highest BCUT2D eigenvalue weighted by molar-refractivity contribution is 7.47. The highest BCUT2D eigenvalue weighted by Gasteiger charge is 2.30. The Kier molecular flexibility index (Phi) is 72.3. The van der Waals surface area contributed by atoms with E-state index in [1.165, 1.54) is 83.5 Å². The van der Waals surface area contributed by atoms with E-state index in [0.29, 0.717) is 25.7 Å². The van der Waals surface area contributed by atoms with E-state index in [1.807, 2.05) is 0 Å². The normalized spacial score (nSPS) is 14.4. The fourth-order valence-corrected chi connectivity index (χ4v) is 12.4. The quantitative estimate of drug-likeness (QED) is 0.0169. The van der Waals surface area contributed by atoms with Gasteiger partial charge in [0.15, 0.2) is 12.2 Å². The number of hydrogen-bond donors (Lipinski definition) is 3. The molecule has 0 bridgehead atoms. The molecular weight excluding hydrogens is 1330 g/mol. The number of phosphoric ester groups is 2. The van der Waals surface area contributed by atoms with Gasteiger partial charge in [-0.05, 0) is 148 Å². The second kappa shape index (κ2) is 75.2. The molecule has 0 aromatic heterocycles. The molecule has 0 aromatic carbocycles. The lowest BCUT2D eigenvalue weighted by atomic mass is 10.1. The van der Waals surface area contributed by atoms with Crippen LogP contribution in [0.2, 0.25) is 0 Å². The lowest BCUT2D eigenvalue weighted by Gasteiger charge is -2.21. The number of hydrogen-bond acceptors (Lipinski definition) is 15. The van der Waals surface area contributed by atoms with E-state index in [0.717, 1.165) is 186 Å². The Labute approximate surface area is 620 Å². The van der Waals surface area contributed by atoms with Crippen LogP contribution in [0.15, 0.2) is 97.2 Å². The number of allylic oxidation sites excluding steroid dienone is 16. The van der Waals surface area contributed by atoms with Gasteiger partial charge >= 0.3 is 39.5 Å². The number of ether oxygens (including phenoxy) is 4. The van der Waals surface area contributed by atoms with Gasteiger partial charge in [-0.25, -0.2) is 9.13 Å². The van der Waals surface area contributed by atoms with Gasteiger partial charge in [0.1, 0.15) is 19.3 Å². The largest absolute Gasteiger partial charge is 0.472 e. The van der Waals surface area contributed by atoms with Crippen LogP contribution < -0.4 is 0 Å². The highest BCUT2D eigenvalue weighted by atomic mass is 31.2. The number of carbonyl (C=O) groups is 4. The third kappa shape index (κ3) is 74.3. The smallest absolute Gasteiger partial charge is 0.462 e. The fraction of sp³-hybridized carbons (Fsp3) is 0.759. The zero-order chi connectivity index (χ0) is 74.6. The maximum atomic E-state index is 13.1. The van der Waals surface area contributed by atoms with E-state index in [9.17, 15) is 43.2 Å². The van der Waals surface area contributed by atoms with Crippen LogP contribution in [-0.4, -0.2) is 96.7 Å². The molecule has 0 aliphatic rings. The summed E-state index contributed by atoms with van der Waals surface area (Å²) in [5.74, 6) is -2.21. The van der Waals surface area contributed by atoms with Crippen molar-refractivity contribution in [2.45, 2.75) is 367 Å². The van der Waals surface area contributed by atoms with Crippen LogP contribution in [0.4, 0.5) is 0 Å². The molecule has 5 atom stereocenters. The van der Waals surface area contributed by atoms with Crippen LogP contribution in [0.5, 0.6) is 0 Å². The van der Waals surface area contributed by atoms with Crippen LogP contribution in [0.1, 0.15) is 349 Å². The van der Waals surface area contributed by atoms with Crippen molar-refractivity contribution in [3.05, 3.63) is 97.2 Å². The topological polar surface area (TPSA) is 237 Å². The Hall–Kier alpha value is -4.02. The van der Waals surface area contributed by atoms with Crippen LogP contribution in [-0.2, 0) is 65.4 Å². The summed E-state index contributed by atoms with van der Waals surface area (Å²) in [6.07, 6.45) is 79.5. The Morgan fingerprint density at radius 1 is 0.284 bits per heavy atom. The average molecular weight is 1480 g/mol. The van der Waals surface area contributed by atoms with E-state index in [4.69, 9.17) is 37.0 Å². The number of phosphoric acid groups is 2. The highest BCUT2D eigenvalue weighted by Crippen LogP contribution is 2.45. The van der Waals surface area contributed by atoms with E-state index in [2.05, 4.69) is 125 Å². The van der Waals surface area contributed by atoms with E-state index < -0.39 is 97.5 Å². The van der Waals surface area contributed by atoms with E-state index in [1.54, 1.807) is 0 Å². The molecule has 0 amide bonds. The number of aliphatic hydroxyl groups excluding tert-OH is 1. The first-order valence-electron chi connectivity index (χ1n) is 40.5. The summed E-state index contributed by atoms with van der Waals surface area (Å²) in [7, 11) is -9.96. The molecule has 0 fully saturated rings. The van der Waals surface area contributed by atoms with E-state index in [-0.39, 0.29) is 25.7 Å². The van der Waals surface area contributed by atoms with Crippen molar-refractivity contribution in [3.8, 4) is 0 Å². The molecule has 0 spiro atoms. The number of aliphatic hydroxyl groups is 1. The molecule has 0 aliphatic heterocycles. The van der Waals surface area contributed by atoms with Crippen molar-refractivity contribution in [2.24, 2.45) is 0 Å². The van der Waals surface area contributed by atoms with Crippen molar-refractivity contribution in [3.63, 3.8) is 0 Å². The van der Waals surface area contributed by atoms with Crippen LogP contribution in [0, 0.1) is 0 Å².